The molecule has 1 heterocycles. The second kappa shape index (κ2) is 6.12. The number of carboxylic acids is 1. The molecule has 4 heteroatoms. The molecule has 0 bridgehead atoms. The number of aromatic carboxylic acids is 1. The molecule has 0 unspecified atom stereocenters. The number of carbonyl (C=O) groups is 1. The number of hydrogen-bond donors (Lipinski definition) is 2. The fourth-order valence-electron chi connectivity index (χ4n) is 1.41. The number of nitrogens with one attached hydrogen (secondary N) is 1. The van der Waals surface area contributed by atoms with Crippen molar-refractivity contribution in [1.82, 2.24) is 5.32 Å². The molecule has 1 rings (SSSR count). The van der Waals surface area contributed by atoms with E-state index in [2.05, 4.69) is 11.4 Å². The van der Waals surface area contributed by atoms with Gasteiger partial charge >= 0.3 is 5.97 Å². The van der Waals surface area contributed by atoms with Crippen molar-refractivity contribution in [2.45, 2.75) is 26.8 Å². The van der Waals surface area contributed by atoms with E-state index in [0.717, 1.165) is 13.0 Å². The van der Waals surface area contributed by atoms with E-state index < -0.39 is 5.97 Å². The molecule has 0 aliphatic heterocycles. The average molecular weight is 223 g/mol. The Morgan fingerprint density at radius 3 is 2.94 bits per heavy atom. The zero-order valence-electron chi connectivity index (χ0n) is 9.62. The van der Waals surface area contributed by atoms with E-state index in [9.17, 15) is 4.79 Å². The van der Waals surface area contributed by atoms with Crippen molar-refractivity contribution in [2.75, 3.05) is 6.54 Å². The molecule has 0 saturated carbocycles. The molecule has 16 heavy (non-hydrogen) atoms. The maximum atomic E-state index is 10.7. The van der Waals surface area contributed by atoms with E-state index in [1.54, 1.807) is 13.0 Å². The third-order valence-electron chi connectivity index (χ3n) is 2.19. The summed E-state index contributed by atoms with van der Waals surface area (Å²) in [6.07, 6.45) is 5.03. The van der Waals surface area contributed by atoms with Crippen LogP contribution >= 0.6 is 0 Å². The van der Waals surface area contributed by atoms with Gasteiger partial charge in [-0.3, -0.25) is 0 Å². The van der Waals surface area contributed by atoms with Gasteiger partial charge in [-0.2, -0.15) is 0 Å². The molecule has 4 nitrogen and oxygen atoms in total. The summed E-state index contributed by atoms with van der Waals surface area (Å²) in [4.78, 5) is 10.7. The second-order valence-corrected chi connectivity index (χ2v) is 3.56. The van der Waals surface area contributed by atoms with Crippen LogP contribution in [0.1, 0.15) is 35.2 Å². The van der Waals surface area contributed by atoms with Crippen molar-refractivity contribution >= 4 is 5.97 Å². The predicted octanol–water partition coefficient (Wildman–Crippen LogP) is 2.34. The molecule has 0 saturated heterocycles. The number of hydrogen-bond acceptors (Lipinski definition) is 3. The van der Waals surface area contributed by atoms with Gasteiger partial charge in [0, 0.05) is 5.56 Å². The van der Waals surface area contributed by atoms with E-state index in [1.165, 1.54) is 0 Å². The molecule has 0 fully saturated rings. The maximum absolute atomic E-state index is 10.7. The van der Waals surface area contributed by atoms with Crippen LogP contribution in [0.5, 0.6) is 0 Å². The van der Waals surface area contributed by atoms with E-state index in [-0.39, 0.29) is 5.76 Å². The molecule has 0 amide bonds. The monoisotopic (exact) mass is 223 g/mol. The fourth-order valence-corrected chi connectivity index (χ4v) is 1.41. The summed E-state index contributed by atoms with van der Waals surface area (Å²) in [5.41, 5.74) is 0.665. The first-order valence-electron chi connectivity index (χ1n) is 5.29. The van der Waals surface area contributed by atoms with Crippen molar-refractivity contribution in [2.24, 2.45) is 0 Å². The Balaban J connectivity index is 2.43. The van der Waals surface area contributed by atoms with Gasteiger partial charge in [0.2, 0.25) is 5.76 Å². The van der Waals surface area contributed by atoms with Crippen molar-refractivity contribution in [3.63, 3.8) is 0 Å². The van der Waals surface area contributed by atoms with Crippen LogP contribution in [0.15, 0.2) is 22.6 Å². The number of allylic oxidation sites excluding steroid dienone is 1. The molecule has 0 aromatic carbocycles. The number of carboxylic acid groups (broad SMARTS) is 1. The highest BCUT2D eigenvalue weighted by molar-refractivity contribution is 5.86. The molecule has 88 valence electrons. The SMILES string of the molecule is C/C=C/CCNCc1cc(C)c(C(=O)O)o1. The van der Waals surface area contributed by atoms with E-state index in [1.807, 2.05) is 13.0 Å². The Hall–Kier alpha value is -1.55. The Kier molecular flexibility index (Phi) is 4.79. The molecule has 0 atom stereocenters. The molecule has 2 N–H and O–H groups in total. The van der Waals surface area contributed by atoms with Crippen LogP contribution in [0.25, 0.3) is 0 Å². The first-order chi connectivity index (χ1) is 7.65. The lowest BCUT2D eigenvalue weighted by Crippen LogP contribution is -2.13. The van der Waals surface area contributed by atoms with Gasteiger partial charge in [-0.1, -0.05) is 12.2 Å². The quantitative estimate of drug-likeness (QED) is 0.574. The summed E-state index contributed by atoms with van der Waals surface area (Å²) in [6, 6.07) is 1.76. The summed E-state index contributed by atoms with van der Waals surface area (Å²) < 4.78 is 5.20. The predicted molar refractivity (Wildman–Crippen MR) is 61.5 cm³/mol. The Morgan fingerprint density at radius 1 is 1.62 bits per heavy atom. The minimum Gasteiger partial charge on any atom is -0.475 e. The van der Waals surface area contributed by atoms with Gasteiger partial charge in [-0.25, -0.2) is 4.79 Å². The van der Waals surface area contributed by atoms with Crippen LogP contribution in [0.3, 0.4) is 0 Å². The van der Waals surface area contributed by atoms with Crippen molar-refractivity contribution < 1.29 is 14.3 Å². The normalized spacial score (nSPS) is 11.1. The third-order valence-corrected chi connectivity index (χ3v) is 2.19. The van der Waals surface area contributed by atoms with Crippen molar-refractivity contribution in [3.8, 4) is 0 Å². The van der Waals surface area contributed by atoms with Crippen molar-refractivity contribution in [1.29, 1.82) is 0 Å². The standard InChI is InChI=1S/C12H17NO3/c1-3-4-5-6-13-8-10-7-9(2)11(16-10)12(14)15/h3-4,7,13H,5-6,8H2,1-2H3,(H,14,15)/b4-3+. The van der Waals surface area contributed by atoms with Crippen LogP contribution in [0, 0.1) is 6.92 Å². The molecule has 1 aromatic heterocycles. The van der Waals surface area contributed by atoms with Gasteiger partial charge in [-0.05, 0) is 32.9 Å². The van der Waals surface area contributed by atoms with E-state index >= 15 is 0 Å². The Bertz CT molecular complexity index is 380. The van der Waals surface area contributed by atoms with Gasteiger partial charge in [0.15, 0.2) is 0 Å². The maximum Gasteiger partial charge on any atom is 0.372 e. The second-order valence-electron chi connectivity index (χ2n) is 3.56. The Morgan fingerprint density at radius 2 is 2.38 bits per heavy atom. The topological polar surface area (TPSA) is 62.5 Å². The highest BCUT2D eigenvalue weighted by Crippen LogP contribution is 2.14. The first kappa shape index (κ1) is 12.5. The molecule has 0 spiro atoms. The average Bonchev–Trinajstić information content (AvgIpc) is 2.59. The van der Waals surface area contributed by atoms with Gasteiger partial charge in [0.25, 0.3) is 0 Å². The summed E-state index contributed by atoms with van der Waals surface area (Å²) in [5, 5.41) is 12.0. The minimum absolute atomic E-state index is 0.0326. The van der Waals surface area contributed by atoms with E-state index in [4.69, 9.17) is 9.52 Å². The number of furan rings is 1. The third kappa shape index (κ3) is 3.55. The van der Waals surface area contributed by atoms with Gasteiger partial charge in [0.1, 0.15) is 5.76 Å². The van der Waals surface area contributed by atoms with Crippen LogP contribution < -0.4 is 5.32 Å². The zero-order valence-corrected chi connectivity index (χ0v) is 9.62. The minimum atomic E-state index is -1.02. The fraction of sp³-hybridized carbons (Fsp3) is 0.417. The first-order valence-corrected chi connectivity index (χ1v) is 5.29. The Labute approximate surface area is 95.0 Å². The van der Waals surface area contributed by atoms with E-state index in [0.29, 0.717) is 17.9 Å². The van der Waals surface area contributed by atoms with Crippen molar-refractivity contribution in [3.05, 3.63) is 35.3 Å². The van der Waals surface area contributed by atoms with Crippen LogP contribution in [0.2, 0.25) is 0 Å². The van der Waals surface area contributed by atoms with Crippen LogP contribution in [0.4, 0.5) is 0 Å². The molecule has 1 aromatic rings. The lowest BCUT2D eigenvalue weighted by molar-refractivity contribution is 0.0659. The summed E-state index contributed by atoms with van der Waals surface area (Å²) >= 11 is 0. The highest BCUT2D eigenvalue weighted by atomic mass is 16.4. The number of rotatable bonds is 6. The molecule has 0 aliphatic rings. The summed E-state index contributed by atoms with van der Waals surface area (Å²) in [6.45, 7) is 5.13. The van der Waals surface area contributed by atoms with Gasteiger partial charge in [0.05, 0.1) is 6.54 Å². The summed E-state index contributed by atoms with van der Waals surface area (Å²) in [5.74, 6) is -0.321. The zero-order chi connectivity index (χ0) is 12.0. The van der Waals surface area contributed by atoms with Gasteiger partial charge in [-0.15, -0.1) is 0 Å². The van der Waals surface area contributed by atoms with Crippen LogP contribution in [-0.4, -0.2) is 17.6 Å². The highest BCUT2D eigenvalue weighted by Gasteiger charge is 2.13. The lowest BCUT2D eigenvalue weighted by Gasteiger charge is -1.98. The lowest BCUT2D eigenvalue weighted by atomic mass is 10.2. The molecule has 0 aliphatic carbocycles. The summed E-state index contributed by atoms with van der Waals surface area (Å²) in [7, 11) is 0. The smallest absolute Gasteiger partial charge is 0.372 e. The van der Waals surface area contributed by atoms with Crippen LogP contribution in [-0.2, 0) is 6.54 Å². The molecule has 0 radical (unpaired) electrons. The largest absolute Gasteiger partial charge is 0.475 e. The number of aryl methyl sites for hydroxylation is 1. The molecular formula is C12H17NO3. The van der Waals surface area contributed by atoms with Gasteiger partial charge < -0.3 is 14.8 Å². The molecular weight excluding hydrogens is 206 g/mol.